The van der Waals surface area contributed by atoms with Gasteiger partial charge in [0, 0.05) is 36.8 Å². The molecule has 34 heavy (non-hydrogen) atoms. The van der Waals surface area contributed by atoms with Gasteiger partial charge in [-0.2, -0.15) is 0 Å². The van der Waals surface area contributed by atoms with E-state index in [1.807, 2.05) is 41.3 Å². The molecule has 0 unspecified atom stereocenters. The number of hydrogen-bond acceptors (Lipinski definition) is 3. The van der Waals surface area contributed by atoms with Gasteiger partial charge in [-0.3, -0.25) is 9.69 Å². The van der Waals surface area contributed by atoms with Crippen molar-refractivity contribution in [1.82, 2.24) is 9.80 Å². The van der Waals surface area contributed by atoms with E-state index in [2.05, 4.69) is 4.90 Å². The Morgan fingerprint density at radius 3 is 2.38 bits per heavy atom. The molecule has 5 rings (SSSR count). The highest BCUT2D eigenvalue weighted by atomic mass is 35.5. The lowest BCUT2D eigenvalue weighted by atomic mass is 9.77. The van der Waals surface area contributed by atoms with Gasteiger partial charge in [-0.1, -0.05) is 35.9 Å². The van der Waals surface area contributed by atoms with Crippen LogP contribution < -0.4 is 4.74 Å². The summed E-state index contributed by atoms with van der Waals surface area (Å²) in [6, 6.07) is 21.5. The Balaban J connectivity index is 1.18. The molecule has 0 N–H and O–H groups in total. The summed E-state index contributed by atoms with van der Waals surface area (Å²) >= 11 is 5.95. The van der Waals surface area contributed by atoms with E-state index in [0.29, 0.717) is 16.3 Å². The average molecular weight is 479 g/mol. The normalized spacial score (nSPS) is 17.8. The van der Waals surface area contributed by atoms with Gasteiger partial charge in [-0.25, -0.2) is 4.39 Å². The van der Waals surface area contributed by atoms with Crippen LogP contribution in [0.5, 0.6) is 11.5 Å². The van der Waals surface area contributed by atoms with E-state index in [9.17, 15) is 9.18 Å². The number of ether oxygens (including phenoxy) is 1. The van der Waals surface area contributed by atoms with E-state index in [4.69, 9.17) is 16.3 Å². The van der Waals surface area contributed by atoms with Crippen molar-refractivity contribution in [2.24, 2.45) is 5.41 Å². The molecule has 2 heterocycles. The second-order valence-corrected chi connectivity index (χ2v) is 9.88. The Morgan fingerprint density at radius 1 is 0.941 bits per heavy atom. The van der Waals surface area contributed by atoms with Gasteiger partial charge in [0.05, 0.1) is 0 Å². The summed E-state index contributed by atoms with van der Waals surface area (Å²) in [5.41, 5.74) is 1.98. The molecule has 0 atom stereocenters. The number of para-hydroxylation sites is 1. The lowest BCUT2D eigenvalue weighted by Gasteiger charge is -2.39. The molecule has 1 spiro atoms. The third-order valence-corrected chi connectivity index (χ3v) is 7.34. The van der Waals surface area contributed by atoms with Crippen molar-refractivity contribution >= 4 is 17.5 Å². The van der Waals surface area contributed by atoms with Crippen molar-refractivity contribution in [3.63, 3.8) is 0 Å². The van der Waals surface area contributed by atoms with Crippen molar-refractivity contribution in [2.75, 3.05) is 26.2 Å². The molecule has 2 fully saturated rings. The predicted octanol–water partition coefficient (Wildman–Crippen LogP) is 6.40. The summed E-state index contributed by atoms with van der Waals surface area (Å²) in [6.45, 7) is 4.34. The summed E-state index contributed by atoms with van der Waals surface area (Å²) in [5, 5.41) is 0.639. The fourth-order valence-electron chi connectivity index (χ4n) is 5.13. The first kappa shape index (κ1) is 22.9. The van der Waals surface area contributed by atoms with E-state index in [1.165, 1.54) is 6.07 Å². The molecule has 176 valence electrons. The Morgan fingerprint density at radius 2 is 1.65 bits per heavy atom. The van der Waals surface area contributed by atoms with Gasteiger partial charge in [0.25, 0.3) is 5.91 Å². The van der Waals surface area contributed by atoms with E-state index >= 15 is 0 Å². The minimum Gasteiger partial charge on any atom is -0.454 e. The number of piperidine rings is 1. The number of amides is 1. The molecule has 0 aliphatic carbocycles. The molecular formula is C28H28ClFN2O2. The first-order valence-electron chi connectivity index (χ1n) is 11.8. The minimum atomic E-state index is -0.358. The van der Waals surface area contributed by atoms with Crippen LogP contribution in [-0.2, 0) is 6.54 Å². The fraction of sp³-hybridized carbons (Fsp3) is 0.321. The van der Waals surface area contributed by atoms with Crippen molar-refractivity contribution in [3.8, 4) is 11.5 Å². The minimum absolute atomic E-state index is 0.0821. The molecule has 0 bridgehead atoms. The molecule has 3 aromatic carbocycles. The number of nitrogens with zero attached hydrogens (tertiary/aromatic N) is 2. The number of rotatable bonds is 5. The van der Waals surface area contributed by atoms with Crippen LogP contribution in [0.1, 0.15) is 35.2 Å². The monoisotopic (exact) mass is 478 g/mol. The van der Waals surface area contributed by atoms with Crippen molar-refractivity contribution < 1.29 is 13.9 Å². The maximum Gasteiger partial charge on any atom is 0.253 e. The van der Waals surface area contributed by atoms with E-state index in [1.54, 1.807) is 30.3 Å². The third-order valence-electron chi connectivity index (χ3n) is 7.09. The Labute approximate surface area is 204 Å². The Bertz CT molecular complexity index is 1140. The van der Waals surface area contributed by atoms with Crippen molar-refractivity contribution in [3.05, 3.63) is 94.8 Å². The molecule has 0 aromatic heterocycles. The van der Waals surface area contributed by atoms with Gasteiger partial charge in [0.2, 0.25) is 0 Å². The highest BCUT2D eigenvalue weighted by molar-refractivity contribution is 6.30. The van der Waals surface area contributed by atoms with Gasteiger partial charge >= 0.3 is 0 Å². The van der Waals surface area contributed by atoms with Crippen molar-refractivity contribution in [1.29, 1.82) is 0 Å². The second-order valence-electron chi connectivity index (χ2n) is 9.44. The first-order chi connectivity index (χ1) is 16.5. The maximum absolute atomic E-state index is 14.3. The van der Waals surface area contributed by atoms with Crippen LogP contribution in [0.2, 0.25) is 5.02 Å². The zero-order valence-corrected chi connectivity index (χ0v) is 19.8. The van der Waals surface area contributed by atoms with Gasteiger partial charge in [0.1, 0.15) is 5.75 Å². The molecule has 2 saturated heterocycles. The second kappa shape index (κ2) is 9.77. The summed E-state index contributed by atoms with van der Waals surface area (Å²) in [4.78, 5) is 17.2. The zero-order chi connectivity index (χ0) is 23.5. The highest BCUT2D eigenvalue weighted by Crippen LogP contribution is 2.41. The number of carbonyl (C=O) groups excluding carboxylic acids is 1. The fourth-order valence-corrected chi connectivity index (χ4v) is 5.25. The molecule has 0 radical (unpaired) electrons. The van der Waals surface area contributed by atoms with Gasteiger partial charge in [-0.05, 0) is 85.3 Å². The highest BCUT2D eigenvalue weighted by Gasteiger charge is 2.41. The number of halogens is 2. The van der Waals surface area contributed by atoms with Crippen LogP contribution >= 0.6 is 11.6 Å². The summed E-state index contributed by atoms with van der Waals surface area (Å²) in [7, 11) is 0. The van der Waals surface area contributed by atoms with E-state index in [-0.39, 0.29) is 22.9 Å². The van der Waals surface area contributed by atoms with Gasteiger partial charge in [0.15, 0.2) is 11.6 Å². The largest absolute Gasteiger partial charge is 0.454 e. The smallest absolute Gasteiger partial charge is 0.253 e. The molecule has 2 aliphatic rings. The van der Waals surface area contributed by atoms with Crippen LogP contribution in [0.4, 0.5) is 4.39 Å². The van der Waals surface area contributed by atoms with Gasteiger partial charge in [-0.15, -0.1) is 0 Å². The molecule has 3 aromatic rings. The molecular weight excluding hydrogens is 451 g/mol. The van der Waals surface area contributed by atoms with Crippen molar-refractivity contribution in [2.45, 2.75) is 25.8 Å². The zero-order valence-electron chi connectivity index (χ0n) is 19.1. The molecule has 0 saturated carbocycles. The predicted molar refractivity (Wildman–Crippen MR) is 132 cm³/mol. The summed E-state index contributed by atoms with van der Waals surface area (Å²) in [6.07, 6.45) is 3.15. The first-order valence-corrected chi connectivity index (χ1v) is 12.2. The number of hydrogen-bond donors (Lipinski definition) is 0. The number of likely N-dealkylation sites (tertiary alicyclic amines) is 2. The lowest BCUT2D eigenvalue weighted by molar-refractivity contribution is 0.0588. The molecule has 4 nitrogen and oxygen atoms in total. The summed E-state index contributed by atoms with van der Waals surface area (Å²) in [5.74, 6) is 0.604. The maximum atomic E-state index is 14.3. The molecule has 6 heteroatoms. The SMILES string of the molecule is O=C(c1ccc(Cl)cc1)N1CCC2(CCN(Cc3ccc(F)c(Oc4ccccc4)c3)C2)CC1. The van der Waals surface area contributed by atoms with Crippen LogP contribution in [0, 0.1) is 11.2 Å². The number of carbonyl (C=O) groups is 1. The van der Waals surface area contributed by atoms with Crippen LogP contribution in [0.15, 0.2) is 72.8 Å². The van der Waals surface area contributed by atoms with E-state index < -0.39 is 0 Å². The third kappa shape index (κ3) is 5.11. The molecule has 2 aliphatic heterocycles. The van der Waals surface area contributed by atoms with Crippen LogP contribution in [0.25, 0.3) is 0 Å². The van der Waals surface area contributed by atoms with Crippen LogP contribution in [-0.4, -0.2) is 41.9 Å². The lowest BCUT2D eigenvalue weighted by Crippen LogP contribution is -2.44. The number of benzene rings is 3. The standard InChI is InChI=1S/C28H28ClFN2O2/c29-23-9-7-22(8-10-23)27(33)32-16-13-28(14-17-32)12-15-31(20-28)19-21-6-11-25(30)26(18-21)34-24-4-2-1-3-5-24/h1-11,18H,12-17,19-20H2. The van der Waals surface area contributed by atoms with E-state index in [0.717, 1.165) is 57.5 Å². The van der Waals surface area contributed by atoms with Crippen LogP contribution in [0.3, 0.4) is 0 Å². The Kier molecular flexibility index (Phi) is 6.57. The quantitative estimate of drug-likeness (QED) is 0.425. The summed E-state index contributed by atoms with van der Waals surface area (Å²) < 4.78 is 20.1. The topological polar surface area (TPSA) is 32.8 Å². The average Bonchev–Trinajstić information content (AvgIpc) is 3.24. The molecule has 1 amide bonds. The van der Waals surface area contributed by atoms with Gasteiger partial charge < -0.3 is 9.64 Å². The Hall–Kier alpha value is -2.89.